The number of carbonyl (C=O) groups excluding carboxylic acids is 1. The van der Waals surface area contributed by atoms with Gasteiger partial charge in [-0.2, -0.15) is 5.26 Å². The van der Waals surface area contributed by atoms with Crippen molar-refractivity contribution in [3.63, 3.8) is 0 Å². The molecule has 0 aromatic heterocycles. The Hall–Kier alpha value is -1.16. The number of likely N-dealkylation sites (N-methyl/N-ethyl adjacent to an activating group) is 1. The van der Waals surface area contributed by atoms with Crippen LogP contribution in [0.15, 0.2) is 0 Å². The van der Waals surface area contributed by atoms with E-state index in [4.69, 9.17) is 5.26 Å². The van der Waals surface area contributed by atoms with Gasteiger partial charge in [-0.05, 0) is 33.0 Å². The molecule has 6 heteroatoms. The fourth-order valence-electron chi connectivity index (χ4n) is 2.79. The van der Waals surface area contributed by atoms with Crippen molar-refractivity contribution in [2.45, 2.75) is 19.3 Å². The van der Waals surface area contributed by atoms with Crippen LogP contribution in [0.25, 0.3) is 0 Å². The van der Waals surface area contributed by atoms with Crippen molar-refractivity contribution in [2.75, 3.05) is 52.9 Å². The largest absolute Gasteiger partial charge is 0.304 e. The number of carbonyl (C=O) groups is 1. The van der Waals surface area contributed by atoms with Crippen LogP contribution in [0.3, 0.4) is 0 Å². The summed E-state index contributed by atoms with van der Waals surface area (Å²) < 4.78 is 0. The van der Waals surface area contributed by atoms with Crippen LogP contribution in [-0.2, 0) is 4.79 Å². The number of rotatable bonds is 4. The number of nitrogens with one attached hydrogen (secondary N) is 1. The summed E-state index contributed by atoms with van der Waals surface area (Å²) in [6.45, 7) is 6.53. The number of nitrogens with zero attached hydrogens (tertiary/aromatic N) is 4. The highest BCUT2D eigenvalue weighted by Crippen LogP contribution is 2.17. The number of hydrogen-bond donors (Lipinski definition) is 1. The van der Waals surface area contributed by atoms with Gasteiger partial charge in [-0.1, -0.05) is 0 Å². The molecule has 2 fully saturated rings. The van der Waals surface area contributed by atoms with E-state index in [2.05, 4.69) is 28.3 Å². The molecule has 2 saturated heterocycles. The molecule has 0 bridgehead atoms. The molecule has 0 aromatic carbocycles. The molecule has 112 valence electrons. The lowest BCUT2D eigenvalue weighted by atomic mass is 9.96. The van der Waals surface area contributed by atoms with E-state index in [9.17, 15) is 4.79 Å². The third-order valence-corrected chi connectivity index (χ3v) is 4.27. The molecule has 0 unspecified atom stereocenters. The first-order valence-corrected chi connectivity index (χ1v) is 7.52. The van der Waals surface area contributed by atoms with Gasteiger partial charge in [0, 0.05) is 45.1 Å². The predicted molar refractivity (Wildman–Crippen MR) is 76.6 cm³/mol. The topological polar surface area (TPSA) is 62.6 Å². The zero-order valence-electron chi connectivity index (χ0n) is 12.3. The number of nitriles is 1. The van der Waals surface area contributed by atoms with E-state index < -0.39 is 0 Å². The van der Waals surface area contributed by atoms with E-state index in [-0.39, 0.29) is 11.8 Å². The van der Waals surface area contributed by atoms with Crippen LogP contribution in [0.4, 0.5) is 0 Å². The molecule has 6 nitrogen and oxygen atoms in total. The average Bonchev–Trinajstić information content (AvgIpc) is 2.48. The Bertz CT molecular complexity index is 351. The van der Waals surface area contributed by atoms with Crippen molar-refractivity contribution in [3.8, 4) is 6.07 Å². The molecule has 0 saturated carbocycles. The molecule has 0 aromatic rings. The first-order chi connectivity index (χ1) is 9.69. The summed E-state index contributed by atoms with van der Waals surface area (Å²) in [6, 6.07) is 2.18. The van der Waals surface area contributed by atoms with Crippen LogP contribution < -0.4 is 5.43 Å². The van der Waals surface area contributed by atoms with Gasteiger partial charge in [0.25, 0.3) is 0 Å². The molecule has 2 heterocycles. The summed E-state index contributed by atoms with van der Waals surface area (Å²) in [7, 11) is 2.11. The van der Waals surface area contributed by atoms with Crippen LogP contribution in [0, 0.1) is 17.2 Å². The Morgan fingerprint density at radius 3 is 2.45 bits per heavy atom. The van der Waals surface area contributed by atoms with Gasteiger partial charge >= 0.3 is 0 Å². The Morgan fingerprint density at radius 1 is 1.20 bits per heavy atom. The summed E-state index contributed by atoms with van der Waals surface area (Å²) in [6.07, 6.45) is 2.40. The summed E-state index contributed by atoms with van der Waals surface area (Å²) in [5.74, 6) is 0.308. The minimum Gasteiger partial charge on any atom is -0.304 e. The second-order valence-electron chi connectivity index (χ2n) is 5.79. The van der Waals surface area contributed by atoms with E-state index in [1.54, 1.807) is 0 Å². The molecule has 2 rings (SSSR count). The van der Waals surface area contributed by atoms with Crippen LogP contribution in [0.5, 0.6) is 0 Å². The summed E-state index contributed by atoms with van der Waals surface area (Å²) in [5.41, 5.74) is 3.06. The number of likely N-dealkylation sites (tertiary alicyclic amines) is 1. The van der Waals surface area contributed by atoms with Gasteiger partial charge in [0.05, 0.1) is 6.07 Å². The fourth-order valence-corrected chi connectivity index (χ4v) is 2.79. The van der Waals surface area contributed by atoms with Gasteiger partial charge in [-0.25, -0.2) is 5.01 Å². The summed E-state index contributed by atoms with van der Waals surface area (Å²) >= 11 is 0. The van der Waals surface area contributed by atoms with Crippen molar-refractivity contribution in [3.05, 3.63) is 0 Å². The lowest BCUT2D eigenvalue weighted by Crippen LogP contribution is -2.54. The highest BCUT2D eigenvalue weighted by molar-refractivity contribution is 5.78. The molecule has 20 heavy (non-hydrogen) atoms. The average molecular weight is 279 g/mol. The Balaban J connectivity index is 1.68. The minimum absolute atomic E-state index is 0.132. The molecule has 2 aliphatic rings. The Labute approximate surface area is 121 Å². The van der Waals surface area contributed by atoms with Gasteiger partial charge in [-0.15, -0.1) is 0 Å². The van der Waals surface area contributed by atoms with Crippen LogP contribution >= 0.6 is 0 Å². The molecular formula is C14H25N5O. The van der Waals surface area contributed by atoms with Gasteiger partial charge in [0.15, 0.2) is 0 Å². The molecule has 1 N–H and O–H groups in total. The highest BCUT2D eigenvalue weighted by atomic mass is 16.2. The molecule has 0 aliphatic carbocycles. The van der Waals surface area contributed by atoms with E-state index >= 15 is 0 Å². The van der Waals surface area contributed by atoms with E-state index in [0.29, 0.717) is 6.42 Å². The number of hydrazine groups is 1. The van der Waals surface area contributed by atoms with Gasteiger partial charge in [0.2, 0.25) is 5.91 Å². The van der Waals surface area contributed by atoms with Crippen LogP contribution in [0.1, 0.15) is 19.3 Å². The molecule has 2 aliphatic heterocycles. The van der Waals surface area contributed by atoms with Gasteiger partial charge < -0.3 is 9.80 Å². The molecule has 0 radical (unpaired) electrons. The van der Waals surface area contributed by atoms with Crippen LogP contribution in [0.2, 0.25) is 0 Å². The number of amides is 1. The zero-order valence-corrected chi connectivity index (χ0v) is 12.3. The second-order valence-corrected chi connectivity index (χ2v) is 5.79. The number of piperazine rings is 1. The highest BCUT2D eigenvalue weighted by Gasteiger charge is 2.26. The second kappa shape index (κ2) is 7.58. The molecule has 0 spiro atoms. The van der Waals surface area contributed by atoms with Gasteiger partial charge in [-0.3, -0.25) is 10.2 Å². The van der Waals surface area contributed by atoms with Crippen molar-refractivity contribution < 1.29 is 4.79 Å². The molecular weight excluding hydrogens is 254 g/mol. The summed E-state index contributed by atoms with van der Waals surface area (Å²) in [5, 5.41) is 10.6. The van der Waals surface area contributed by atoms with Gasteiger partial charge in [0.1, 0.15) is 0 Å². The van der Waals surface area contributed by atoms with Crippen molar-refractivity contribution >= 4 is 5.91 Å². The zero-order chi connectivity index (χ0) is 14.4. The third-order valence-electron chi connectivity index (χ3n) is 4.27. The maximum Gasteiger partial charge on any atom is 0.237 e. The normalized spacial score (nSPS) is 23.4. The number of hydrogen-bond acceptors (Lipinski definition) is 5. The SMILES string of the molecule is CN1CCN(NC(=O)C2CCN(CCC#N)CC2)CC1. The third kappa shape index (κ3) is 4.44. The fraction of sp³-hybridized carbons (Fsp3) is 0.857. The van der Waals surface area contributed by atoms with Crippen molar-refractivity contribution in [1.82, 2.24) is 20.2 Å². The monoisotopic (exact) mass is 279 g/mol. The lowest BCUT2D eigenvalue weighted by molar-refractivity contribution is -0.132. The summed E-state index contributed by atoms with van der Waals surface area (Å²) in [4.78, 5) is 16.8. The first-order valence-electron chi connectivity index (χ1n) is 7.52. The molecule has 0 atom stereocenters. The smallest absolute Gasteiger partial charge is 0.237 e. The Morgan fingerprint density at radius 2 is 1.85 bits per heavy atom. The molecule has 1 amide bonds. The predicted octanol–water partition coefficient (Wildman–Crippen LogP) is -0.109. The standard InChI is InChI=1S/C14H25N5O/c1-17-9-11-19(12-10-17)16-14(20)13-3-7-18(8-4-13)6-2-5-15/h13H,2-4,6-12H2,1H3,(H,16,20). The van der Waals surface area contributed by atoms with E-state index in [1.807, 2.05) is 5.01 Å². The number of piperidine rings is 1. The maximum absolute atomic E-state index is 12.2. The van der Waals surface area contributed by atoms with E-state index in [0.717, 1.165) is 58.7 Å². The lowest BCUT2D eigenvalue weighted by Gasteiger charge is -2.35. The maximum atomic E-state index is 12.2. The van der Waals surface area contributed by atoms with Crippen LogP contribution in [-0.4, -0.2) is 73.6 Å². The van der Waals surface area contributed by atoms with Crippen molar-refractivity contribution in [1.29, 1.82) is 5.26 Å². The van der Waals surface area contributed by atoms with Crippen molar-refractivity contribution in [2.24, 2.45) is 5.92 Å². The minimum atomic E-state index is 0.132. The Kier molecular flexibility index (Phi) is 5.77. The van der Waals surface area contributed by atoms with E-state index in [1.165, 1.54) is 0 Å². The quantitative estimate of drug-likeness (QED) is 0.778. The first kappa shape index (κ1) is 15.2.